The molecular formula is C5H7IN2O3S. The van der Waals surface area contributed by atoms with Crippen LogP contribution in [0.3, 0.4) is 0 Å². The third-order valence-electron chi connectivity index (χ3n) is 1.36. The number of rotatable bonds is 1. The molecule has 12 heavy (non-hydrogen) atoms. The minimum Gasteiger partial charge on any atom is -0.282 e. The van der Waals surface area contributed by atoms with Crippen molar-refractivity contribution in [2.75, 3.05) is 0 Å². The Balaban J connectivity index is 3.54. The number of aryl methyl sites for hydroxylation is 2. The molecule has 7 heteroatoms. The van der Waals surface area contributed by atoms with Crippen molar-refractivity contribution in [2.45, 2.75) is 11.8 Å². The average Bonchev–Trinajstić information content (AvgIpc) is 2.05. The summed E-state index contributed by atoms with van der Waals surface area (Å²) >= 11 is 1.81. The first-order valence-corrected chi connectivity index (χ1v) is 5.52. The number of nitrogens with zero attached hydrogens (tertiary/aromatic N) is 2. The summed E-state index contributed by atoms with van der Waals surface area (Å²) < 4.78 is 32.2. The Morgan fingerprint density at radius 3 is 2.25 bits per heavy atom. The van der Waals surface area contributed by atoms with Gasteiger partial charge in [0.05, 0.1) is 5.69 Å². The second-order valence-corrected chi connectivity index (χ2v) is 4.68. The molecule has 5 nitrogen and oxygen atoms in total. The quantitative estimate of drug-likeness (QED) is 0.608. The standard InChI is InChI=1S/C5H7IN2O3S/c1-3-4(12(9,10)11)5(6)8(2)7-3/h1-2H3,(H,9,10,11). The topological polar surface area (TPSA) is 72.2 Å². The molecule has 0 fully saturated rings. The summed E-state index contributed by atoms with van der Waals surface area (Å²) in [5.41, 5.74) is 0.310. The zero-order valence-electron chi connectivity index (χ0n) is 6.44. The Morgan fingerprint density at radius 2 is 2.08 bits per heavy atom. The molecule has 1 rings (SSSR count). The van der Waals surface area contributed by atoms with Gasteiger partial charge in [0.15, 0.2) is 0 Å². The van der Waals surface area contributed by atoms with E-state index in [4.69, 9.17) is 4.55 Å². The maximum absolute atomic E-state index is 10.8. The Hall–Kier alpha value is -0.150. The van der Waals surface area contributed by atoms with Crippen molar-refractivity contribution in [3.8, 4) is 0 Å². The molecule has 0 radical (unpaired) electrons. The Kier molecular flexibility index (Phi) is 2.45. The molecule has 0 bridgehead atoms. The van der Waals surface area contributed by atoms with Crippen LogP contribution in [0.25, 0.3) is 0 Å². The number of hydrogen-bond acceptors (Lipinski definition) is 3. The molecule has 68 valence electrons. The lowest BCUT2D eigenvalue weighted by atomic mass is 10.5. The number of halogens is 1. The predicted molar refractivity (Wildman–Crippen MR) is 50.5 cm³/mol. The fraction of sp³-hybridized carbons (Fsp3) is 0.400. The normalized spacial score (nSPS) is 12.0. The molecule has 1 aromatic rings. The monoisotopic (exact) mass is 302 g/mol. The molecule has 0 atom stereocenters. The smallest absolute Gasteiger partial charge is 0.282 e. The molecule has 0 spiro atoms. The van der Waals surface area contributed by atoms with Crippen LogP contribution in [0.15, 0.2) is 4.90 Å². The molecule has 0 aliphatic carbocycles. The van der Waals surface area contributed by atoms with Gasteiger partial charge in [-0.3, -0.25) is 9.23 Å². The molecule has 0 unspecified atom stereocenters. The van der Waals surface area contributed by atoms with E-state index in [-0.39, 0.29) is 4.90 Å². The zero-order chi connectivity index (χ0) is 9.52. The van der Waals surface area contributed by atoms with Crippen molar-refractivity contribution in [3.05, 3.63) is 9.39 Å². The third kappa shape index (κ3) is 1.62. The molecule has 1 heterocycles. The minimum atomic E-state index is -4.13. The summed E-state index contributed by atoms with van der Waals surface area (Å²) in [6.07, 6.45) is 0. The van der Waals surface area contributed by atoms with Gasteiger partial charge in [0, 0.05) is 7.05 Å². The summed E-state index contributed by atoms with van der Waals surface area (Å²) in [5.74, 6) is 0. The summed E-state index contributed by atoms with van der Waals surface area (Å²) in [7, 11) is -2.52. The van der Waals surface area contributed by atoms with Crippen molar-refractivity contribution >= 4 is 32.7 Å². The van der Waals surface area contributed by atoms with Crippen LogP contribution >= 0.6 is 22.6 Å². The van der Waals surface area contributed by atoms with E-state index in [1.165, 1.54) is 11.6 Å². The highest BCUT2D eigenvalue weighted by molar-refractivity contribution is 14.1. The van der Waals surface area contributed by atoms with Crippen molar-refractivity contribution in [1.82, 2.24) is 9.78 Å². The van der Waals surface area contributed by atoms with Crippen LogP contribution in [-0.2, 0) is 17.2 Å². The first-order valence-electron chi connectivity index (χ1n) is 3.00. The van der Waals surface area contributed by atoms with Gasteiger partial charge in [0.25, 0.3) is 10.1 Å². The molecule has 0 aliphatic heterocycles. The van der Waals surface area contributed by atoms with Gasteiger partial charge in [0.2, 0.25) is 0 Å². The second kappa shape index (κ2) is 2.96. The Morgan fingerprint density at radius 1 is 1.58 bits per heavy atom. The van der Waals surface area contributed by atoms with Crippen LogP contribution in [0.2, 0.25) is 0 Å². The van der Waals surface area contributed by atoms with Crippen LogP contribution in [0.5, 0.6) is 0 Å². The molecule has 0 aliphatic rings. The van der Waals surface area contributed by atoms with Gasteiger partial charge >= 0.3 is 0 Å². The molecule has 0 saturated carbocycles. The maximum atomic E-state index is 10.8. The fourth-order valence-corrected chi connectivity index (χ4v) is 3.00. The van der Waals surface area contributed by atoms with Gasteiger partial charge in [-0.25, -0.2) is 0 Å². The second-order valence-electron chi connectivity index (χ2n) is 2.30. The number of hydrogen-bond donors (Lipinski definition) is 1. The summed E-state index contributed by atoms with van der Waals surface area (Å²) in [6, 6.07) is 0. The lowest BCUT2D eigenvalue weighted by molar-refractivity contribution is 0.481. The van der Waals surface area contributed by atoms with Crippen molar-refractivity contribution < 1.29 is 13.0 Å². The average molecular weight is 302 g/mol. The lowest BCUT2D eigenvalue weighted by Gasteiger charge is -1.94. The molecule has 1 aromatic heterocycles. The minimum absolute atomic E-state index is 0.106. The van der Waals surface area contributed by atoms with Gasteiger partial charge in [-0.15, -0.1) is 0 Å². The number of aromatic nitrogens is 2. The molecule has 0 aromatic carbocycles. The van der Waals surface area contributed by atoms with Crippen LogP contribution in [0.4, 0.5) is 0 Å². The lowest BCUT2D eigenvalue weighted by Crippen LogP contribution is -2.01. The van der Waals surface area contributed by atoms with Crippen LogP contribution < -0.4 is 0 Å². The van der Waals surface area contributed by atoms with Gasteiger partial charge in [-0.1, -0.05) is 0 Å². The first-order chi connectivity index (χ1) is 5.34. The van der Waals surface area contributed by atoms with E-state index in [0.29, 0.717) is 9.39 Å². The van der Waals surface area contributed by atoms with E-state index >= 15 is 0 Å². The predicted octanol–water partition coefficient (Wildman–Crippen LogP) is 0.580. The van der Waals surface area contributed by atoms with E-state index in [1.54, 1.807) is 7.05 Å². The van der Waals surface area contributed by atoms with Gasteiger partial charge in [-0.2, -0.15) is 13.5 Å². The summed E-state index contributed by atoms with van der Waals surface area (Å²) in [4.78, 5) is -0.106. The van der Waals surface area contributed by atoms with E-state index < -0.39 is 10.1 Å². The highest BCUT2D eigenvalue weighted by Crippen LogP contribution is 2.20. The van der Waals surface area contributed by atoms with Gasteiger partial charge < -0.3 is 0 Å². The largest absolute Gasteiger partial charge is 0.299 e. The molecule has 1 N–H and O–H groups in total. The molecule has 0 saturated heterocycles. The van der Waals surface area contributed by atoms with E-state index in [1.807, 2.05) is 22.6 Å². The Labute approximate surface area is 83.7 Å². The summed E-state index contributed by atoms with van der Waals surface area (Å²) in [5, 5.41) is 3.85. The maximum Gasteiger partial charge on any atom is 0.299 e. The molecule has 0 amide bonds. The van der Waals surface area contributed by atoms with E-state index in [0.717, 1.165) is 0 Å². The van der Waals surface area contributed by atoms with Crippen molar-refractivity contribution in [1.29, 1.82) is 0 Å². The highest BCUT2D eigenvalue weighted by atomic mass is 127. The molecular weight excluding hydrogens is 295 g/mol. The zero-order valence-corrected chi connectivity index (χ0v) is 9.42. The van der Waals surface area contributed by atoms with E-state index in [9.17, 15) is 8.42 Å². The highest BCUT2D eigenvalue weighted by Gasteiger charge is 2.21. The van der Waals surface area contributed by atoms with Crippen molar-refractivity contribution in [3.63, 3.8) is 0 Å². The van der Waals surface area contributed by atoms with Gasteiger partial charge in [0.1, 0.15) is 8.60 Å². The SMILES string of the molecule is Cc1nn(C)c(I)c1S(=O)(=O)O. The van der Waals surface area contributed by atoms with Crippen LogP contribution in [-0.4, -0.2) is 22.8 Å². The first kappa shape index (κ1) is 9.93. The van der Waals surface area contributed by atoms with Gasteiger partial charge in [-0.05, 0) is 29.5 Å². The third-order valence-corrected chi connectivity index (χ3v) is 3.97. The summed E-state index contributed by atoms with van der Waals surface area (Å²) in [6.45, 7) is 1.53. The van der Waals surface area contributed by atoms with Crippen molar-refractivity contribution in [2.24, 2.45) is 7.05 Å². The van der Waals surface area contributed by atoms with Crippen LogP contribution in [0.1, 0.15) is 5.69 Å². The van der Waals surface area contributed by atoms with Crippen LogP contribution in [0, 0.1) is 10.6 Å². The van der Waals surface area contributed by atoms with E-state index in [2.05, 4.69) is 5.10 Å². The fourth-order valence-electron chi connectivity index (χ4n) is 0.904. The Bertz CT molecular complexity index is 409.